The van der Waals surface area contributed by atoms with E-state index in [9.17, 15) is 8.42 Å². The number of hydrogen-bond acceptors (Lipinski definition) is 3. The second-order valence-corrected chi connectivity index (χ2v) is 12.0. The molecule has 0 atom stereocenters. The minimum absolute atomic E-state index is 0.117. The molecule has 0 aliphatic rings. The van der Waals surface area contributed by atoms with E-state index < -0.39 is 10.1 Å². The maximum atomic E-state index is 13.3. The van der Waals surface area contributed by atoms with Crippen molar-refractivity contribution in [1.29, 1.82) is 0 Å². The summed E-state index contributed by atoms with van der Waals surface area (Å²) in [6.45, 7) is 23.1. The largest absolute Gasteiger partial charge is 0.347 e. The number of unbranched alkanes of at least 4 members (excludes halogenated alkanes) is 6. The summed E-state index contributed by atoms with van der Waals surface area (Å²) >= 11 is 0. The third kappa shape index (κ3) is 11.5. The van der Waals surface area contributed by atoms with Crippen LogP contribution in [0.15, 0.2) is 12.7 Å². The molecule has 0 N–H and O–H groups in total. The van der Waals surface area contributed by atoms with Crippen LogP contribution in [-0.4, -0.2) is 68.8 Å². The van der Waals surface area contributed by atoms with Crippen molar-refractivity contribution in [3.8, 4) is 0 Å². The lowest BCUT2D eigenvalue weighted by atomic mass is 10.1. The van der Waals surface area contributed by atoms with Crippen molar-refractivity contribution in [3.63, 3.8) is 0 Å². The molecule has 0 spiro atoms. The van der Waals surface area contributed by atoms with Gasteiger partial charge in [0.2, 0.25) is 0 Å². The molecule has 0 unspecified atom stereocenters. The van der Waals surface area contributed by atoms with Crippen molar-refractivity contribution >= 4 is 10.1 Å². The Morgan fingerprint density at radius 1 is 0.618 bits per heavy atom. The van der Waals surface area contributed by atoms with Gasteiger partial charge in [-0.15, -0.1) is 6.58 Å². The first kappa shape index (κ1) is 33.6. The normalized spacial score (nSPS) is 13.0. The number of rotatable bonds is 24. The molecule has 0 saturated carbocycles. The zero-order valence-corrected chi connectivity index (χ0v) is 24.6. The van der Waals surface area contributed by atoms with Crippen LogP contribution < -0.4 is 0 Å². The summed E-state index contributed by atoms with van der Waals surface area (Å²) in [6, 6.07) is 0. The maximum Gasteiger partial charge on any atom is 0.347 e. The summed E-state index contributed by atoms with van der Waals surface area (Å²) in [5.41, 5.74) is 0. The third-order valence-electron chi connectivity index (χ3n) is 7.23. The zero-order valence-electron chi connectivity index (χ0n) is 23.8. The van der Waals surface area contributed by atoms with Gasteiger partial charge < -0.3 is 0 Å². The molecule has 0 saturated heterocycles. The van der Waals surface area contributed by atoms with Gasteiger partial charge in [0.1, 0.15) is 0 Å². The number of hydrogen-bond donors (Lipinski definition) is 0. The number of quaternary nitrogens is 2. The Morgan fingerprint density at radius 2 is 0.882 bits per heavy atom. The molecule has 0 aliphatic heterocycles. The first-order valence-corrected chi connectivity index (χ1v) is 16.1. The van der Waals surface area contributed by atoms with Gasteiger partial charge in [-0.05, 0) is 38.5 Å². The lowest BCUT2D eigenvalue weighted by molar-refractivity contribution is -1.15. The Morgan fingerprint density at radius 3 is 1.09 bits per heavy atom. The van der Waals surface area contributed by atoms with Crippen molar-refractivity contribution < 1.29 is 21.6 Å². The molecule has 0 heterocycles. The van der Waals surface area contributed by atoms with Gasteiger partial charge in [-0.3, -0.25) is 0 Å². The first-order chi connectivity index (χ1) is 16.3. The van der Waals surface area contributed by atoms with E-state index in [0.29, 0.717) is 0 Å². The summed E-state index contributed by atoms with van der Waals surface area (Å²) in [5, 5.41) is 0. The van der Waals surface area contributed by atoms with Crippen LogP contribution in [0.2, 0.25) is 0 Å². The minimum Gasteiger partial charge on any atom is -0.248 e. The monoisotopic (exact) mass is 504 g/mol. The van der Waals surface area contributed by atoms with E-state index in [4.69, 9.17) is 4.18 Å². The average Bonchev–Trinajstić information content (AvgIpc) is 2.82. The van der Waals surface area contributed by atoms with Gasteiger partial charge in [0.25, 0.3) is 10.1 Å². The molecular formula is C28H60N2O3S+2. The standard InChI is InChI=1S/C28H60N2O3S/c1-8-15-21-29(22-16-9-2,23-17-10-3)28(33-34(31,32)27-14-7)30(24-18-11-4,25-19-12-5)26-20-13-6/h14,28H,7-13,15-27H2,1-6H3/q+2. The van der Waals surface area contributed by atoms with Gasteiger partial charge in [-0.25, -0.2) is 8.97 Å². The van der Waals surface area contributed by atoms with E-state index in [1.165, 1.54) is 6.08 Å². The highest BCUT2D eigenvalue weighted by Crippen LogP contribution is 2.32. The molecule has 0 radical (unpaired) electrons. The molecule has 6 heteroatoms. The Balaban J connectivity index is 6.98. The fourth-order valence-electron chi connectivity index (χ4n) is 5.19. The molecule has 0 aromatic rings. The van der Waals surface area contributed by atoms with Crippen molar-refractivity contribution in [2.75, 3.05) is 45.0 Å². The maximum absolute atomic E-state index is 13.3. The molecule has 0 amide bonds. The molecule has 0 bridgehead atoms. The van der Waals surface area contributed by atoms with Crippen LogP contribution in [0, 0.1) is 0 Å². The second kappa shape index (κ2) is 18.8. The zero-order chi connectivity index (χ0) is 25.9. The Hall–Kier alpha value is -0.430. The van der Waals surface area contributed by atoms with Gasteiger partial charge in [0.15, 0.2) is 0 Å². The van der Waals surface area contributed by atoms with Gasteiger partial charge >= 0.3 is 6.35 Å². The lowest BCUT2D eigenvalue weighted by Crippen LogP contribution is -2.73. The average molecular weight is 505 g/mol. The molecule has 0 rings (SSSR count). The van der Waals surface area contributed by atoms with Crippen LogP contribution in [0.5, 0.6) is 0 Å². The molecule has 5 nitrogen and oxygen atoms in total. The summed E-state index contributed by atoms with van der Waals surface area (Å²) in [6.07, 6.45) is 14.4. The fraction of sp³-hybridized carbons (Fsp3) is 0.929. The predicted octanol–water partition coefficient (Wildman–Crippen LogP) is 7.24. The van der Waals surface area contributed by atoms with Gasteiger partial charge in [-0.2, -0.15) is 12.6 Å². The molecule has 0 aromatic carbocycles. The summed E-state index contributed by atoms with van der Waals surface area (Å²) < 4.78 is 34.5. The van der Waals surface area contributed by atoms with E-state index in [0.717, 1.165) is 125 Å². The third-order valence-corrected chi connectivity index (χ3v) is 8.34. The molecule has 34 heavy (non-hydrogen) atoms. The Bertz CT molecular complexity index is 531. The summed E-state index contributed by atoms with van der Waals surface area (Å²) in [4.78, 5) is 0. The van der Waals surface area contributed by atoms with E-state index in [1.807, 2.05) is 0 Å². The van der Waals surface area contributed by atoms with Crippen LogP contribution in [0.4, 0.5) is 0 Å². The van der Waals surface area contributed by atoms with E-state index >= 15 is 0 Å². The smallest absolute Gasteiger partial charge is 0.248 e. The van der Waals surface area contributed by atoms with Crippen LogP contribution >= 0.6 is 0 Å². The van der Waals surface area contributed by atoms with Crippen LogP contribution in [0.25, 0.3) is 0 Å². The highest BCUT2D eigenvalue weighted by atomic mass is 32.2. The van der Waals surface area contributed by atoms with Crippen LogP contribution in [-0.2, 0) is 14.3 Å². The summed E-state index contributed by atoms with van der Waals surface area (Å²) in [5.74, 6) is -0.117. The molecule has 0 aromatic heterocycles. The minimum atomic E-state index is -3.70. The van der Waals surface area contributed by atoms with Gasteiger partial charge in [0, 0.05) is 0 Å². The van der Waals surface area contributed by atoms with Crippen molar-refractivity contribution in [1.82, 2.24) is 0 Å². The molecule has 0 aliphatic carbocycles. The Labute approximate surface area is 214 Å². The second-order valence-electron chi connectivity index (χ2n) is 10.3. The molecule has 0 fully saturated rings. The first-order valence-electron chi connectivity index (χ1n) is 14.5. The van der Waals surface area contributed by atoms with Crippen molar-refractivity contribution in [3.05, 3.63) is 12.7 Å². The van der Waals surface area contributed by atoms with Crippen molar-refractivity contribution in [2.45, 2.75) is 125 Å². The SMILES string of the molecule is C=CCS(=O)(=O)OC([N+](CCCC)(CCCC)CCCC)[N+](CCCC)(CCCC)CCCC. The topological polar surface area (TPSA) is 43.4 Å². The van der Waals surface area contributed by atoms with E-state index in [-0.39, 0.29) is 12.1 Å². The van der Waals surface area contributed by atoms with E-state index in [1.54, 1.807) is 0 Å². The van der Waals surface area contributed by atoms with Crippen molar-refractivity contribution in [2.24, 2.45) is 0 Å². The fourth-order valence-corrected chi connectivity index (χ4v) is 6.18. The van der Waals surface area contributed by atoms with Crippen LogP contribution in [0.1, 0.15) is 119 Å². The lowest BCUT2D eigenvalue weighted by Gasteiger charge is -2.52. The van der Waals surface area contributed by atoms with E-state index in [2.05, 4.69) is 48.1 Å². The quantitative estimate of drug-likeness (QED) is 0.0602. The Kier molecular flexibility index (Phi) is 18.5. The predicted molar refractivity (Wildman–Crippen MR) is 148 cm³/mol. The molecule has 204 valence electrons. The number of nitrogens with zero attached hydrogens (tertiary/aromatic N) is 2. The van der Waals surface area contributed by atoms with Crippen LogP contribution in [0.3, 0.4) is 0 Å². The van der Waals surface area contributed by atoms with Gasteiger partial charge in [-0.1, -0.05) is 86.1 Å². The molecular weight excluding hydrogens is 444 g/mol. The highest BCUT2D eigenvalue weighted by Gasteiger charge is 2.53. The summed E-state index contributed by atoms with van der Waals surface area (Å²) in [7, 11) is -3.70. The highest BCUT2D eigenvalue weighted by molar-refractivity contribution is 7.86. The van der Waals surface area contributed by atoms with Gasteiger partial charge in [0.05, 0.1) is 45.0 Å².